The standard InChI is InChI=1S/C16H15BrO4/c1-2-7-20-14-5-3-4-6-15(14)21-13-9-11(16(18)19)8-12(17)10-13/h3-6,8-10H,2,7H2,1H3,(H,18,19). The molecule has 0 heterocycles. The maximum absolute atomic E-state index is 11.1. The van der Waals surface area contributed by atoms with E-state index in [2.05, 4.69) is 15.9 Å². The van der Waals surface area contributed by atoms with Crippen LogP contribution in [0.1, 0.15) is 23.7 Å². The van der Waals surface area contributed by atoms with Crippen LogP contribution in [0.25, 0.3) is 0 Å². The number of ether oxygens (including phenoxy) is 2. The van der Waals surface area contributed by atoms with E-state index in [0.717, 1.165) is 6.42 Å². The fourth-order valence-electron chi connectivity index (χ4n) is 1.74. The van der Waals surface area contributed by atoms with Crippen LogP contribution in [0.4, 0.5) is 0 Å². The van der Waals surface area contributed by atoms with Gasteiger partial charge >= 0.3 is 5.97 Å². The second kappa shape index (κ2) is 7.13. The number of aromatic carboxylic acids is 1. The Balaban J connectivity index is 2.27. The lowest BCUT2D eigenvalue weighted by atomic mass is 10.2. The molecule has 0 aliphatic rings. The maximum atomic E-state index is 11.1. The molecule has 21 heavy (non-hydrogen) atoms. The molecule has 5 heteroatoms. The van der Waals surface area contributed by atoms with Crippen molar-refractivity contribution >= 4 is 21.9 Å². The number of benzene rings is 2. The molecule has 2 aromatic rings. The molecular formula is C16H15BrO4. The third-order valence-corrected chi connectivity index (χ3v) is 3.11. The second-order valence-corrected chi connectivity index (χ2v) is 5.29. The Bertz CT molecular complexity index is 640. The van der Waals surface area contributed by atoms with E-state index in [1.807, 2.05) is 25.1 Å². The number of hydrogen-bond donors (Lipinski definition) is 1. The Morgan fingerprint density at radius 1 is 1.19 bits per heavy atom. The van der Waals surface area contributed by atoms with Crippen molar-refractivity contribution in [3.63, 3.8) is 0 Å². The molecule has 0 aromatic heterocycles. The summed E-state index contributed by atoms with van der Waals surface area (Å²) >= 11 is 3.28. The molecule has 0 saturated carbocycles. The van der Waals surface area contributed by atoms with Crippen LogP contribution in [0.5, 0.6) is 17.2 Å². The first-order valence-electron chi connectivity index (χ1n) is 6.53. The van der Waals surface area contributed by atoms with Crippen LogP contribution in [-0.2, 0) is 0 Å². The quantitative estimate of drug-likeness (QED) is 0.818. The van der Waals surface area contributed by atoms with Crippen molar-refractivity contribution in [2.24, 2.45) is 0 Å². The number of rotatable bonds is 6. The molecule has 0 unspecified atom stereocenters. The van der Waals surface area contributed by atoms with E-state index in [1.54, 1.807) is 12.1 Å². The zero-order valence-corrected chi connectivity index (χ0v) is 13.1. The lowest BCUT2D eigenvalue weighted by molar-refractivity contribution is 0.0696. The molecule has 0 bridgehead atoms. The average molecular weight is 351 g/mol. The first-order chi connectivity index (χ1) is 10.1. The lowest BCUT2D eigenvalue weighted by Crippen LogP contribution is -1.99. The van der Waals surface area contributed by atoms with Crippen molar-refractivity contribution in [2.45, 2.75) is 13.3 Å². The molecule has 0 saturated heterocycles. The monoisotopic (exact) mass is 350 g/mol. The minimum atomic E-state index is -1.00. The number of halogens is 1. The van der Waals surface area contributed by atoms with Gasteiger partial charge in [-0.05, 0) is 36.8 Å². The van der Waals surface area contributed by atoms with Crippen LogP contribution in [-0.4, -0.2) is 17.7 Å². The molecule has 1 N–H and O–H groups in total. The van der Waals surface area contributed by atoms with Gasteiger partial charge in [0.15, 0.2) is 11.5 Å². The molecule has 0 radical (unpaired) electrons. The van der Waals surface area contributed by atoms with E-state index in [9.17, 15) is 4.79 Å². The van der Waals surface area contributed by atoms with Crippen molar-refractivity contribution < 1.29 is 19.4 Å². The van der Waals surface area contributed by atoms with Gasteiger partial charge in [0.05, 0.1) is 12.2 Å². The largest absolute Gasteiger partial charge is 0.490 e. The van der Waals surface area contributed by atoms with Gasteiger partial charge in [0.1, 0.15) is 5.75 Å². The molecule has 0 atom stereocenters. The van der Waals surface area contributed by atoms with Gasteiger partial charge in [0, 0.05) is 4.47 Å². The molecule has 0 spiro atoms. The van der Waals surface area contributed by atoms with Crippen LogP contribution >= 0.6 is 15.9 Å². The van der Waals surface area contributed by atoms with Crippen LogP contribution in [0.15, 0.2) is 46.9 Å². The first kappa shape index (κ1) is 15.4. The van der Waals surface area contributed by atoms with Gasteiger partial charge in [-0.3, -0.25) is 0 Å². The first-order valence-corrected chi connectivity index (χ1v) is 7.33. The zero-order chi connectivity index (χ0) is 15.2. The smallest absolute Gasteiger partial charge is 0.335 e. The summed E-state index contributed by atoms with van der Waals surface area (Å²) < 4.78 is 12.0. The molecule has 0 aliphatic heterocycles. The second-order valence-electron chi connectivity index (χ2n) is 4.38. The van der Waals surface area contributed by atoms with Gasteiger partial charge in [-0.2, -0.15) is 0 Å². The Kier molecular flexibility index (Phi) is 5.22. The van der Waals surface area contributed by atoms with Gasteiger partial charge in [-0.25, -0.2) is 4.79 Å². The summed E-state index contributed by atoms with van der Waals surface area (Å²) in [6.45, 7) is 2.62. The fraction of sp³-hybridized carbons (Fsp3) is 0.188. The minimum Gasteiger partial charge on any atom is -0.490 e. The normalized spacial score (nSPS) is 10.2. The topological polar surface area (TPSA) is 55.8 Å². The summed E-state index contributed by atoms with van der Waals surface area (Å²) in [7, 11) is 0. The predicted octanol–water partition coefficient (Wildman–Crippen LogP) is 4.73. The highest BCUT2D eigenvalue weighted by Crippen LogP contribution is 2.33. The summed E-state index contributed by atoms with van der Waals surface area (Å²) in [5, 5.41) is 9.07. The average Bonchev–Trinajstić information content (AvgIpc) is 2.45. The van der Waals surface area contributed by atoms with Crippen molar-refractivity contribution in [1.82, 2.24) is 0 Å². The summed E-state index contributed by atoms with van der Waals surface area (Å²) in [5.41, 5.74) is 0.159. The predicted molar refractivity (Wildman–Crippen MR) is 83.4 cm³/mol. The lowest BCUT2D eigenvalue weighted by Gasteiger charge is -2.12. The fourth-order valence-corrected chi connectivity index (χ4v) is 2.21. The van der Waals surface area contributed by atoms with Crippen molar-refractivity contribution in [1.29, 1.82) is 0 Å². The number of carbonyl (C=O) groups is 1. The Hall–Kier alpha value is -2.01. The van der Waals surface area contributed by atoms with Crippen molar-refractivity contribution in [3.8, 4) is 17.2 Å². The maximum Gasteiger partial charge on any atom is 0.335 e. The van der Waals surface area contributed by atoms with E-state index in [-0.39, 0.29) is 5.56 Å². The highest BCUT2D eigenvalue weighted by Gasteiger charge is 2.10. The molecule has 110 valence electrons. The third kappa shape index (κ3) is 4.23. The van der Waals surface area contributed by atoms with Crippen molar-refractivity contribution in [3.05, 3.63) is 52.5 Å². The highest BCUT2D eigenvalue weighted by molar-refractivity contribution is 9.10. The van der Waals surface area contributed by atoms with Crippen LogP contribution in [0.2, 0.25) is 0 Å². The van der Waals surface area contributed by atoms with Crippen molar-refractivity contribution in [2.75, 3.05) is 6.61 Å². The number of carboxylic acid groups (broad SMARTS) is 1. The minimum absolute atomic E-state index is 0.159. The molecule has 2 aromatic carbocycles. The third-order valence-electron chi connectivity index (χ3n) is 2.66. The van der Waals surface area contributed by atoms with E-state index >= 15 is 0 Å². The summed E-state index contributed by atoms with van der Waals surface area (Å²) in [4.78, 5) is 11.1. The molecule has 0 aliphatic carbocycles. The molecular weight excluding hydrogens is 336 g/mol. The van der Waals surface area contributed by atoms with Gasteiger partial charge < -0.3 is 14.6 Å². The van der Waals surface area contributed by atoms with Crippen LogP contribution in [0, 0.1) is 0 Å². The summed E-state index contributed by atoms with van der Waals surface area (Å²) in [6, 6.07) is 12.0. The Morgan fingerprint density at radius 2 is 1.90 bits per heavy atom. The SMILES string of the molecule is CCCOc1ccccc1Oc1cc(Br)cc(C(=O)O)c1. The molecule has 0 amide bonds. The molecule has 0 fully saturated rings. The molecule has 2 rings (SSSR count). The number of carboxylic acids is 1. The van der Waals surface area contributed by atoms with Crippen LogP contribution in [0.3, 0.4) is 0 Å². The van der Waals surface area contributed by atoms with Gasteiger partial charge in [0.2, 0.25) is 0 Å². The van der Waals surface area contributed by atoms with E-state index in [1.165, 1.54) is 12.1 Å². The Labute approximate surface area is 131 Å². The van der Waals surface area contributed by atoms with Gasteiger partial charge in [-0.15, -0.1) is 0 Å². The summed E-state index contributed by atoms with van der Waals surface area (Å²) in [6.07, 6.45) is 0.897. The van der Waals surface area contributed by atoms with E-state index < -0.39 is 5.97 Å². The van der Waals surface area contributed by atoms with E-state index in [0.29, 0.717) is 28.3 Å². The summed E-state index contributed by atoms with van der Waals surface area (Å²) in [5.74, 6) is 0.627. The number of para-hydroxylation sites is 2. The van der Waals surface area contributed by atoms with Gasteiger partial charge in [0.25, 0.3) is 0 Å². The number of hydrogen-bond acceptors (Lipinski definition) is 3. The zero-order valence-electron chi connectivity index (χ0n) is 11.5. The Morgan fingerprint density at radius 3 is 2.57 bits per heavy atom. The molecule has 4 nitrogen and oxygen atoms in total. The highest BCUT2D eigenvalue weighted by atomic mass is 79.9. The van der Waals surface area contributed by atoms with Crippen LogP contribution < -0.4 is 9.47 Å². The van der Waals surface area contributed by atoms with Gasteiger partial charge in [-0.1, -0.05) is 35.0 Å². The van der Waals surface area contributed by atoms with E-state index in [4.69, 9.17) is 14.6 Å².